The summed E-state index contributed by atoms with van der Waals surface area (Å²) < 4.78 is 0. The Bertz CT molecular complexity index is 1000. The normalized spacial score (nSPS) is 13.6. The van der Waals surface area contributed by atoms with Crippen LogP contribution in [0.2, 0.25) is 5.02 Å². The van der Waals surface area contributed by atoms with Gasteiger partial charge in [-0.25, -0.2) is 0 Å². The second kappa shape index (κ2) is 11.1. The molecule has 0 saturated carbocycles. The molecule has 0 unspecified atom stereocenters. The van der Waals surface area contributed by atoms with Crippen LogP contribution >= 0.6 is 11.6 Å². The van der Waals surface area contributed by atoms with Gasteiger partial charge < -0.3 is 10.2 Å². The zero-order valence-electron chi connectivity index (χ0n) is 18.8. The minimum Gasteiger partial charge on any atom is -0.354 e. The van der Waals surface area contributed by atoms with E-state index in [1.807, 2.05) is 19.1 Å². The van der Waals surface area contributed by atoms with E-state index in [2.05, 4.69) is 5.32 Å². The fourth-order valence-electron chi connectivity index (χ4n) is 3.74. The van der Waals surface area contributed by atoms with Crippen LogP contribution in [0, 0.1) is 0 Å². The fourth-order valence-corrected chi connectivity index (χ4v) is 3.87. The van der Waals surface area contributed by atoms with Gasteiger partial charge in [0.2, 0.25) is 11.8 Å². The van der Waals surface area contributed by atoms with Crippen molar-refractivity contribution in [2.45, 2.75) is 45.7 Å². The predicted octanol–water partition coefficient (Wildman–Crippen LogP) is 3.66. The molecule has 0 saturated heterocycles. The van der Waals surface area contributed by atoms with Gasteiger partial charge in [-0.3, -0.25) is 24.1 Å². The quantitative estimate of drug-likeness (QED) is 0.538. The first-order chi connectivity index (χ1) is 15.8. The summed E-state index contributed by atoms with van der Waals surface area (Å²) in [5, 5.41) is 3.42. The molecule has 2 aromatic rings. The van der Waals surface area contributed by atoms with Crippen LogP contribution in [0.1, 0.15) is 59.4 Å². The Hall–Kier alpha value is -3.19. The molecular formula is C25H28ClN3O4. The molecule has 1 heterocycles. The predicted molar refractivity (Wildman–Crippen MR) is 126 cm³/mol. The van der Waals surface area contributed by atoms with E-state index >= 15 is 0 Å². The lowest BCUT2D eigenvalue weighted by Gasteiger charge is -2.29. The van der Waals surface area contributed by atoms with Gasteiger partial charge in [-0.2, -0.15) is 0 Å². The van der Waals surface area contributed by atoms with Crippen molar-refractivity contribution in [3.63, 3.8) is 0 Å². The summed E-state index contributed by atoms with van der Waals surface area (Å²) in [6.45, 7) is 4.59. The largest absolute Gasteiger partial charge is 0.354 e. The van der Waals surface area contributed by atoms with Gasteiger partial charge in [0.1, 0.15) is 6.04 Å². The molecule has 0 aliphatic carbocycles. The van der Waals surface area contributed by atoms with Crippen molar-refractivity contribution >= 4 is 35.2 Å². The molecule has 174 valence electrons. The third-order valence-corrected chi connectivity index (χ3v) is 5.89. The number of nitrogens with zero attached hydrogens (tertiary/aromatic N) is 2. The highest BCUT2D eigenvalue weighted by Gasteiger charge is 2.35. The van der Waals surface area contributed by atoms with Gasteiger partial charge in [0.05, 0.1) is 11.1 Å². The van der Waals surface area contributed by atoms with Gasteiger partial charge >= 0.3 is 0 Å². The lowest BCUT2D eigenvalue weighted by Crippen LogP contribution is -2.47. The average Bonchev–Trinajstić information content (AvgIpc) is 3.06. The number of carbonyl (C=O) groups is 4. The Labute approximate surface area is 198 Å². The maximum absolute atomic E-state index is 13.1. The summed E-state index contributed by atoms with van der Waals surface area (Å²) in [7, 11) is 0. The molecule has 8 heteroatoms. The highest BCUT2D eigenvalue weighted by molar-refractivity contribution is 6.30. The number of fused-ring (bicyclic) bond motifs is 1. The number of benzene rings is 2. The Morgan fingerprint density at radius 2 is 1.64 bits per heavy atom. The molecule has 2 aromatic carbocycles. The molecule has 0 radical (unpaired) electrons. The van der Waals surface area contributed by atoms with Crippen LogP contribution in [0.5, 0.6) is 0 Å². The van der Waals surface area contributed by atoms with E-state index in [0.29, 0.717) is 29.1 Å². The molecule has 1 atom stereocenters. The van der Waals surface area contributed by atoms with Gasteiger partial charge in [-0.15, -0.1) is 0 Å². The SMILES string of the molecule is CCCNC(=O)[C@H](C)N(Cc1ccc(Cl)cc1)C(=O)CCCN1C(=O)c2ccccc2C1=O. The maximum atomic E-state index is 13.1. The summed E-state index contributed by atoms with van der Waals surface area (Å²) in [5.74, 6) is -1.12. The monoisotopic (exact) mass is 469 g/mol. The number of imide groups is 1. The Balaban J connectivity index is 1.65. The summed E-state index contributed by atoms with van der Waals surface area (Å²) in [5.41, 5.74) is 1.63. The summed E-state index contributed by atoms with van der Waals surface area (Å²) in [6.07, 6.45) is 1.21. The van der Waals surface area contributed by atoms with Crippen LogP contribution in [-0.2, 0) is 16.1 Å². The zero-order valence-corrected chi connectivity index (χ0v) is 19.6. The van der Waals surface area contributed by atoms with Crippen LogP contribution in [-0.4, -0.2) is 52.6 Å². The minimum absolute atomic E-state index is 0.104. The van der Waals surface area contributed by atoms with Crippen LogP contribution in [0.25, 0.3) is 0 Å². The number of halogens is 1. The number of amides is 4. The first-order valence-electron chi connectivity index (χ1n) is 11.1. The molecule has 0 fully saturated rings. The van der Waals surface area contributed by atoms with Crippen LogP contribution in [0.4, 0.5) is 0 Å². The first-order valence-corrected chi connectivity index (χ1v) is 11.5. The van der Waals surface area contributed by atoms with Crippen LogP contribution < -0.4 is 5.32 Å². The Kier molecular flexibility index (Phi) is 8.22. The van der Waals surface area contributed by atoms with Gasteiger partial charge in [0.25, 0.3) is 11.8 Å². The molecule has 0 aromatic heterocycles. The fraction of sp³-hybridized carbons (Fsp3) is 0.360. The number of rotatable bonds is 10. The van der Waals surface area contributed by atoms with Crippen molar-refractivity contribution in [2.24, 2.45) is 0 Å². The molecule has 3 rings (SSSR count). The summed E-state index contributed by atoms with van der Waals surface area (Å²) >= 11 is 5.96. The van der Waals surface area contributed by atoms with Gasteiger partial charge in [-0.05, 0) is 49.6 Å². The maximum Gasteiger partial charge on any atom is 0.261 e. The standard InChI is InChI=1S/C25H28ClN3O4/c1-3-14-27-23(31)17(2)29(16-18-10-12-19(26)13-11-18)22(30)9-6-15-28-24(32)20-7-4-5-8-21(20)25(28)33/h4-5,7-8,10-13,17H,3,6,9,14-16H2,1-2H3,(H,27,31)/t17-/m0/s1. The van der Waals surface area contributed by atoms with Crippen molar-refractivity contribution in [2.75, 3.05) is 13.1 Å². The smallest absolute Gasteiger partial charge is 0.261 e. The molecule has 0 bridgehead atoms. The topological polar surface area (TPSA) is 86.8 Å². The molecule has 7 nitrogen and oxygen atoms in total. The highest BCUT2D eigenvalue weighted by atomic mass is 35.5. The van der Waals surface area contributed by atoms with Crippen molar-refractivity contribution in [3.8, 4) is 0 Å². The summed E-state index contributed by atoms with van der Waals surface area (Å²) in [6, 6.07) is 13.1. The van der Waals surface area contributed by atoms with E-state index in [9.17, 15) is 19.2 Å². The lowest BCUT2D eigenvalue weighted by atomic mass is 10.1. The van der Waals surface area contributed by atoms with Gasteiger partial charge in [-0.1, -0.05) is 42.8 Å². The molecule has 1 aliphatic heterocycles. The van der Waals surface area contributed by atoms with E-state index in [1.165, 1.54) is 9.80 Å². The molecular weight excluding hydrogens is 442 g/mol. The van der Waals surface area contributed by atoms with E-state index in [4.69, 9.17) is 11.6 Å². The highest BCUT2D eigenvalue weighted by Crippen LogP contribution is 2.23. The van der Waals surface area contributed by atoms with Gasteiger partial charge in [0.15, 0.2) is 0 Å². The Morgan fingerprint density at radius 3 is 2.21 bits per heavy atom. The minimum atomic E-state index is -0.668. The Morgan fingerprint density at radius 1 is 1.03 bits per heavy atom. The zero-order chi connectivity index (χ0) is 24.0. The van der Waals surface area contributed by atoms with Crippen LogP contribution in [0.3, 0.4) is 0 Å². The van der Waals surface area contributed by atoms with Crippen molar-refractivity contribution in [1.82, 2.24) is 15.1 Å². The second-order valence-electron chi connectivity index (χ2n) is 8.03. The number of carbonyl (C=O) groups excluding carboxylic acids is 4. The van der Waals surface area contributed by atoms with E-state index < -0.39 is 6.04 Å². The van der Waals surface area contributed by atoms with Crippen molar-refractivity contribution in [1.29, 1.82) is 0 Å². The molecule has 4 amide bonds. The molecule has 0 spiro atoms. The lowest BCUT2D eigenvalue weighted by molar-refractivity contribution is -0.140. The number of hydrogen-bond donors (Lipinski definition) is 1. The van der Waals surface area contributed by atoms with E-state index in [1.54, 1.807) is 43.3 Å². The second-order valence-corrected chi connectivity index (χ2v) is 8.46. The van der Waals surface area contributed by atoms with Crippen molar-refractivity contribution < 1.29 is 19.2 Å². The third-order valence-electron chi connectivity index (χ3n) is 5.63. The van der Waals surface area contributed by atoms with E-state index in [0.717, 1.165) is 12.0 Å². The van der Waals surface area contributed by atoms with Gasteiger partial charge in [0, 0.05) is 31.1 Å². The average molecular weight is 470 g/mol. The molecule has 33 heavy (non-hydrogen) atoms. The van der Waals surface area contributed by atoms with Crippen molar-refractivity contribution in [3.05, 3.63) is 70.2 Å². The molecule has 1 N–H and O–H groups in total. The summed E-state index contributed by atoms with van der Waals surface area (Å²) in [4.78, 5) is 53.4. The third kappa shape index (κ3) is 5.79. The number of nitrogens with one attached hydrogen (secondary N) is 1. The number of hydrogen-bond acceptors (Lipinski definition) is 4. The van der Waals surface area contributed by atoms with Crippen LogP contribution in [0.15, 0.2) is 48.5 Å². The first kappa shape index (κ1) is 24.5. The van der Waals surface area contributed by atoms with E-state index in [-0.39, 0.29) is 43.1 Å². The molecule has 1 aliphatic rings.